The molecular formula is C14H19N3O4S. The zero-order valence-corrected chi connectivity index (χ0v) is 13.4. The lowest BCUT2D eigenvalue weighted by Crippen LogP contribution is -2.39. The molecule has 0 aromatic carbocycles. The molecule has 0 unspecified atom stereocenters. The molecule has 22 heavy (non-hydrogen) atoms. The van der Waals surface area contributed by atoms with Crippen LogP contribution in [0, 0.1) is 13.8 Å². The van der Waals surface area contributed by atoms with Crippen molar-refractivity contribution in [3.8, 4) is 0 Å². The minimum absolute atomic E-state index is 0.0869. The number of aromatic nitrogens is 1. The van der Waals surface area contributed by atoms with Crippen molar-refractivity contribution in [1.82, 2.24) is 14.2 Å². The predicted molar refractivity (Wildman–Crippen MR) is 79.1 cm³/mol. The summed E-state index contributed by atoms with van der Waals surface area (Å²) in [5, 5.41) is 3.74. The molecule has 0 spiro atoms. The minimum Gasteiger partial charge on any atom is -0.465 e. The first-order valence-corrected chi connectivity index (χ1v) is 8.65. The van der Waals surface area contributed by atoms with Crippen LogP contribution in [-0.2, 0) is 16.8 Å². The van der Waals surface area contributed by atoms with Crippen LogP contribution < -0.4 is 4.72 Å². The zero-order chi connectivity index (χ0) is 15.7. The first-order valence-electron chi connectivity index (χ1n) is 7.21. The molecule has 2 aromatic heterocycles. The highest BCUT2D eigenvalue weighted by molar-refractivity contribution is 7.87. The first kappa shape index (κ1) is 15.3. The van der Waals surface area contributed by atoms with Gasteiger partial charge in [-0.05, 0) is 38.8 Å². The Hall–Kier alpha value is -1.64. The summed E-state index contributed by atoms with van der Waals surface area (Å²) < 4.78 is 39.7. The highest BCUT2D eigenvalue weighted by Crippen LogP contribution is 2.34. The van der Waals surface area contributed by atoms with Gasteiger partial charge in [0, 0.05) is 12.6 Å². The average Bonchev–Trinajstić information content (AvgIpc) is 3.16. The van der Waals surface area contributed by atoms with Crippen LogP contribution in [0.1, 0.15) is 41.9 Å². The molecule has 1 atom stereocenters. The molecule has 0 saturated carbocycles. The molecule has 0 bridgehead atoms. The maximum atomic E-state index is 12.5. The third kappa shape index (κ3) is 3.08. The van der Waals surface area contributed by atoms with E-state index >= 15 is 0 Å². The van der Waals surface area contributed by atoms with Crippen molar-refractivity contribution >= 4 is 10.2 Å². The Kier molecular flexibility index (Phi) is 4.07. The summed E-state index contributed by atoms with van der Waals surface area (Å²) >= 11 is 0. The topological polar surface area (TPSA) is 88.6 Å². The van der Waals surface area contributed by atoms with Gasteiger partial charge in [0.25, 0.3) is 10.2 Å². The molecule has 0 radical (unpaired) electrons. The van der Waals surface area contributed by atoms with Crippen LogP contribution in [0.3, 0.4) is 0 Å². The quantitative estimate of drug-likeness (QED) is 0.909. The Bertz CT molecular complexity index is 750. The van der Waals surface area contributed by atoms with E-state index in [-0.39, 0.29) is 12.6 Å². The smallest absolute Gasteiger partial charge is 0.280 e. The molecule has 0 aliphatic carbocycles. The molecule has 1 N–H and O–H groups in total. The van der Waals surface area contributed by atoms with Gasteiger partial charge < -0.3 is 8.94 Å². The lowest BCUT2D eigenvalue weighted by atomic mass is 10.2. The Morgan fingerprint density at radius 3 is 2.86 bits per heavy atom. The van der Waals surface area contributed by atoms with Crippen molar-refractivity contribution < 1.29 is 17.4 Å². The van der Waals surface area contributed by atoms with Gasteiger partial charge in [-0.1, -0.05) is 5.16 Å². The van der Waals surface area contributed by atoms with Crippen LogP contribution in [0.5, 0.6) is 0 Å². The molecule has 1 aliphatic rings. The molecule has 8 heteroatoms. The number of rotatable bonds is 5. The van der Waals surface area contributed by atoms with Crippen molar-refractivity contribution in [3.63, 3.8) is 0 Å². The largest absolute Gasteiger partial charge is 0.465 e. The van der Waals surface area contributed by atoms with Crippen LogP contribution in [0.15, 0.2) is 27.1 Å². The highest BCUT2D eigenvalue weighted by Gasteiger charge is 2.36. The van der Waals surface area contributed by atoms with Crippen LogP contribution in [-0.4, -0.2) is 24.4 Å². The second-order valence-corrected chi connectivity index (χ2v) is 7.19. The Labute approximate surface area is 129 Å². The molecule has 120 valence electrons. The predicted octanol–water partition coefficient (Wildman–Crippen LogP) is 2.06. The molecular weight excluding hydrogens is 306 g/mol. The summed E-state index contributed by atoms with van der Waals surface area (Å²) in [6.45, 7) is 4.21. The summed E-state index contributed by atoms with van der Waals surface area (Å²) in [4.78, 5) is 0. The van der Waals surface area contributed by atoms with Crippen LogP contribution in [0.25, 0.3) is 0 Å². The lowest BCUT2D eigenvalue weighted by Gasteiger charge is -2.22. The van der Waals surface area contributed by atoms with E-state index < -0.39 is 10.2 Å². The maximum absolute atomic E-state index is 12.5. The average molecular weight is 325 g/mol. The van der Waals surface area contributed by atoms with Crippen LogP contribution in [0.2, 0.25) is 0 Å². The van der Waals surface area contributed by atoms with E-state index in [9.17, 15) is 8.42 Å². The second kappa shape index (κ2) is 5.86. The number of nitrogens with zero attached hydrogens (tertiary/aromatic N) is 2. The van der Waals surface area contributed by atoms with Gasteiger partial charge in [0.2, 0.25) is 0 Å². The van der Waals surface area contributed by atoms with E-state index in [4.69, 9.17) is 8.94 Å². The van der Waals surface area contributed by atoms with Gasteiger partial charge in [0.1, 0.15) is 11.5 Å². The van der Waals surface area contributed by atoms with Gasteiger partial charge in [0.15, 0.2) is 5.76 Å². The molecule has 2 aromatic rings. The van der Waals surface area contributed by atoms with Crippen LogP contribution in [0.4, 0.5) is 0 Å². The van der Waals surface area contributed by atoms with Gasteiger partial charge in [-0.2, -0.15) is 17.4 Å². The normalized spacial score (nSPS) is 19.8. The number of hydrogen-bond donors (Lipinski definition) is 1. The fourth-order valence-electron chi connectivity index (χ4n) is 2.69. The molecule has 0 amide bonds. The zero-order valence-electron chi connectivity index (χ0n) is 12.6. The van der Waals surface area contributed by atoms with E-state index in [1.165, 1.54) is 4.31 Å². The first-order chi connectivity index (χ1) is 10.5. The molecule has 3 heterocycles. The van der Waals surface area contributed by atoms with Gasteiger partial charge in [-0.3, -0.25) is 0 Å². The van der Waals surface area contributed by atoms with E-state index in [2.05, 4.69) is 9.88 Å². The molecule has 3 rings (SSSR count). The molecule has 1 saturated heterocycles. The van der Waals surface area contributed by atoms with Crippen molar-refractivity contribution in [2.24, 2.45) is 0 Å². The summed E-state index contributed by atoms with van der Waals surface area (Å²) in [7, 11) is -3.60. The fraction of sp³-hybridized carbons (Fsp3) is 0.500. The number of furan rings is 1. The minimum atomic E-state index is -3.60. The number of hydrogen-bond acceptors (Lipinski definition) is 5. The van der Waals surface area contributed by atoms with Crippen molar-refractivity contribution in [3.05, 3.63) is 41.2 Å². The van der Waals surface area contributed by atoms with E-state index in [1.807, 2.05) is 19.1 Å². The SMILES string of the molecule is Cc1cc(CNS(=O)(=O)N2CCC[C@@H]2c2ccc(C)o2)on1. The van der Waals surface area contributed by atoms with Crippen molar-refractivity contribution in [2.45, 2.75) is 39.3 Å². The Morgan fingerprint density at radius 1 is 1.41 bits per heavy atom. The summed E-state index contributed by atoms with van der Waals surface area (Å²) in [5.41, 5.74) is 0.722. The fourth-order valence-corrected chi connectivity index (χ4v) is 4.09. The third-order valence-electron chi connectivity index (χ3n) is 3.71. The summed E-state index contributed by atoms with van der Waals surface area (Å²) in [6.07, 6.45) is 1.57. The standard InChI is InChI=1S/C14H19N3O4S/c1-10-8-12(21-16-10)9-15-22(18,19)17-7-3-4-13(17)14-6-5-11(2)20-14/h5-6,8,13,15H,3-4,7,9H2,1-2H3/t13-/m1/s1. The number of aryl methyl sites for hydroxylation is 2. The van der Waals surface area contributed by atoms with Gasteiger partial charge in [-0.25, -0.2) is 0 Å². The maximum Gasteiger partial charge on any atom is 0.280 e. The monoisotopic (exact) mass is 325 g/mol. The van der Waals surface area contributed by atoms with Gasteiger partial charge >= 0.3 is 0 Å². The van der Waals surface area contributed by atoms with Crippen LogP contribution >= 0.6 is 0 Å². The second-order valence-electron chi connectivity index (χ2n) is 5.48. The van der Waals surface area contributed by atoms with E-state index in [0.717, 1.165) is 24.3 Å². The highest BCUT2D eigenvalue weighted by atomic mass is 32.2. The van der Waals surface area contributed by atoms with E-state index in [1.54, 1.807) is 13.0 Å². The molecule has 7 nitrogen and oxygen atoms in total. The summed E-state index contributed by atoms with van der Waals surface area (Å²) in [6, 6.07) is 5.15. The van der Waals surface area contributed by atoms with Crippen molar-refractivity contribution in [1.29, 1.82) is 0 Å². The Balaban J connectivity index is 1.73. The summed E-state index contributed by atoms with van der Waals surface area (Å²) in [5.74, 6) is 1.96. The number of nitrogens with one attached hydrogen (secondary N) is 1. The van der Waals surface area contributed by atoms with E-state index in [0.29, 0.717) is 18.1 Å². The third-order valence-corrected chi connectivity index (χ3v) is 5.27. The molecule has 1 aliphatic heterocycles. The Morgan fingerprint density at radius 2 is 2.23 bits per heavy atom. The molecule has 1 fully saturated rings. The van der Waals surface area contributed by atoms with Gasteiger partial charge in [-0.15, -0.1) is 0 Å². The van der Waals surface area contributed by atoms with Crippen molar-refractivity contribution in [2.75, 3.05) is 6.54 Å². The van der Waals surface area contributed by atoms with Gasteiger partial charge in [0.05, 0.1) is 18.3 Å². The lowest BCUT2D eigenvalue weighted by molar-refractivity contribution is 0.327.